The van der Waals surface area contributed by atoms with Crippen molar-refractivity contribution in [2.75, 3.05) is 27.4 Å². The molecule has 1 aliphatic rings. The molecule has 1 aromatic rings. The van der Waals surface area contributed by atoms with Crippen LogP contribution in [-0.2, 0) is 28.5 Å². The first-order chi connectivity index (χ1) is 10.4. The topological polar surface area (TPSA) is 71.1 Å². The highest BCUT2D eigenvalue weighted by Crippen LogP contribution is 2.34. The normalized spacial score (nSPS) is 17.8. The Hall–Kier alpha value is -1.70. The lowest BCUT2D eigenvalue weighted by molar-refractivity contribution is -0.242. The van der Waals surface area contributed by atoms with Gasteiger partial charge in [0.05, 0.1) is 32.5 Å². The number of carbonyl (C=O) groups is 2. The summed E-state index contributed by atoms with van der Waals surface area (Å²) in [5.41, 5.74) is -1.31. The molecular formula is C14H14ClFO6. The summed E-state index contributed by atoms with van der Waals surface area (Å²) >= 11 is 5.61. The van der Waals surface area contributed by atoms with Gasteiger partial charge in [-0.15, -0.1) is 0 Å². The Morgan fingerprint density at radius 1 is 1.23 bits per heavy atom. The highest BCUT2D eigenvalue weighted by molar-refractivity contribution is 6.30. The molecule has 0 radical (unpaired) electrons. The largest absolute Gasteiger partial charge is 0.468 e. The molecule has 0 bridgehead atoms. The molecule has 0 saturated carbocycles. The number of hydrogen-bond acceptors (Lipinski definition) is 6. The van der Waals surface area contributed by atoms with Crippen LogP contribution in [0.2, 0.25) is 5.02 Å². The Morgan fingerprint density at radius 3 is 2.23 bits per heavy atom. The van der Waals surface area contributed by atoms with Crippen LogP contribution in [0.4, 0.5) is 4.39 Å². The zero-order valence-electron chi connectivity index (χ0n) is 11.9. The van der Waals surface area contributed by atoms with Crippen LogP contribution in [0.3, 0.4) is 0 Å². The molecule has 1 fully saturated rings. The van der Waals surface area contributed by atoms with Gasteiger partial charge in [-0.1, -0.05) is 17.7 Å². The molecule has 6 nitrogen and oxygen atoms in total. The standard InChI is InChI=1S/C14H14ClFO6/c1-19-12(17)14(13(18)20-2)6-21-11(22-7-14)8-3-4-9(15)10(16)5-8/h3-5,11H,6-7H2,1-2H3. The zero-order valence-corrected chi connectivity index (χ0v) is 12.7. The minimum atomic E-state index is -1.69. The van der Waals surface area contributed by atoms with Gasteiger partial charge >= 0.3 is 11.9 Å². The lowest BCUT2D eigenvalue weighted by atomic mass is 9.89. The van der Waals surface area contributed by atoms with Gasteiger partial charge in [0.2, 0.25) is 5.41 Å². The van der Waals surface area contributed by atoms with Crippen molar-refractivity contribution in [1.82, 2.24) is 0 Å². The van der Waals surface area contributed by atoms with E-state index in [0.717, 1.165) is 20.3 Å². The molecular weight excluding hydrogens is 319 g/mol. The fraction of sp³-hybridized carbons (Fsp3) is 0.429. The van der Waals surface area contributed by atoms with Crippen molar-refractivity contribution in [3.8, 4) is 0 Å². The van der Waals surface area contributed by atoms with Crippen molar-refractivity contribution >= 4 is 23.5 Å². The summed E-state index contributed by atoms with van der Waals surface area (Å²) in [7, 11) is 2.29. The highest BCUT2D eigenvalue weighted by Gasteiger charge is 2.52. The van der Waals surface area contributed by atoms with Crippen molar-refractivity contribution in [2.45, 2.75) is 6.29 Å². The molecule has 0 aliphatic carbocycles. The second kappa shape index (κ2) is 6.60. The third-order valence-electron chi connectivity index (χ3n) is 3.33. The Kier molecular flexibility index (Phi) is 5.00. The number of benzene rings is 1. The number of methoxy groups -OCH3 is 2. The Balaban J connectivity index is 2.18. The van der Waals surface area contributed by atoms with E-state index in [2.05, 4.69) is 9.47 Å². The van der Waals surface area contributed by atoms with Crippen LogP contribution in [0.5, 0.6) is 0 Å². The van der Waals surface area contributed by atoms with Crippen LogP contribution in [0.25, 0.3) is 0 Å². The van der Waals surface area contributed by atoms with Gasteiger partial charge in [0.25, 0.3) is 0 Å². The fourth-order valence-corrected chi connectivity index (χ4v) is 2.20. The van der Waals surface area contributed by atoms with Crippen LogP contribution < -0.4 is 0 Å². The summed E-state index contributed by atoms with van der Waals surface area (Å²) in [6.45, 7) is -0.609. The molecule has 0 unspecified atom stereocenters. The first-order valence-electron chi connectivity index (χ1n) is 6.29. The van der Waals surface area contributed by atoms with Crippen LogP contribution >= 0.6 is 11.6 Å². The van der Waals surface area contributed by atoms with E-state index in [4.69, 9.17) is 21.1 Å². The molecule has 0 N–H and O–H groups in total. The van der Waals surface area contributed by atoms with Gasteiger partial charge < -0.3 is 18.9 Å². The van der Waals surface area contributed by atoms with E-state index < -0.39 is 29.5 Å². The van der Waals surface area contributed by atoms with Crippen molar-refractivity contribution < 1.29 is 32.9 Å². The number of esters is 2. The maximum atomic E-state index is 13.5. The Bertz CT molecular complexity index is 565. The smallest absolute Gasteiger partial charge is 0.328 e. The van der Waals surface area contributed by atoms with Crippen molar-refractivity contribution in [3.63, 3.8) is 0 Å². The molecule has 1 aliphatic heterocycles. The molecule has 0 spiro atoms. The third kappa shape index (κ3) is 2.92. The Labute approximate surface area is 131 Å². The van der Waals surface area contributed by atoms with Gasteiger partial charge in [0, 0.05) is 5.56 Å². The van der Waals surface area contributed by atoms with Gasteiger partial charge in [-0.2, -0.15) is 0 Å². The van der Waals surface area contributed by atoms with Crippen LogP contribution in [0.15, 0.2) is 18.2 Å². The predicted octanol–water partition coefficient (Wildman–Crippen LogP) is 1.86. The molecule has 0 aromatic heterocycles. The first-order valence-corrected chi connectivity index (χ1v) is 6.67. The van der Waals surface area contributed by atoms with Crippen LogP contribution in [0.1, 0.15) is 11.9 Å². The average Bonchev–Trinajstić information content (AvgIpc) is 2.55. The van der Waals surface area contributed by atoms with E-state index in [1.54, 1.807) is 0 Å². The van der Waals surface area contributed by atoms with E-state index in [9.17, 15) is 14.0 Å². The van der Waals surface area contributed by atoms with E-state index in [1.807, 2.05) is 0 Å². The summed E-state index contributed by atoms with van der Waals surface area (Å²) in [5.74, 6) is -2.26. The predicted molar refractivity (Wildman–Crippen MR) is 72.5 cm³/mol. The molecule has 8 heteroatoms. The van der Waals surface area contributed by atoms with Crippen molar-refractivity contribution in [1.29, 1.82) is 0 Å². The second-order valence-corrected chi connectivity index (χ2v) is 5.10. The summed E-state index contributed by atoms with van der Waals surface area (Å²) in [5, 5.41) is -0.0296. The lowest BCUT2D eigenvalue weighted by Crippen LogP contribution is -2.51. The zero-order chi connectivity index (χ0) is 16.3. The molecule has 1 aromatic carbocycles. The van der Waals surface area contributed by atoms with E-state index in [-0.39, 0.29) is 18.2 Å². The van der Waals surface area contributed by atoms with Gasteiger partial charge in [-0.3, -0.25) is 9.59 Å². The lowest BCUT2D eigenvalue weighted by Gasteiger charge is -2.35. The maximum Gasteiger partial charge on any atom is 0.328 e. The number of ether oxygens (including phenoxy) is 4. The van der Waals surface area contributed by atoms with Gasteiger partial charge in [-0.25, -0.2) is 4.39 Å². The quantitative estimate of drug-likeness (QED) is 0.621. The number of hydrogen-bond donors (Lipinski definition) is 0. The highest BCUT2D eigenvalue weighted by atomic mass is 35.5. The molecule has 22 heavy (non-hydrogen) atoms. The monoisotopic (exact) mass is 332 g/mol. The molecule has 0 atom stereocenters. The van der Waals surface area contributed by atoms with Gasteiger partial charge in [0.1, 0.15) is 5.82 Å². The second-order valence-electron chi connectivity index (χ2n) is 4.69. The number of halogens is 2. The third-order valence-corrected chi connectivity index (χ3v) is 3.64. The average molecular weight is 333 g/mol. The SMILES string of the molecule is COC(=O)C1(C(=O)OC)COC(c2ccc(Cl)c(F)c2)OC1. The van der Waals surface area contributed by atoms with Gasteiger partial charge in [0.15, 0.2) is 6.29 Å². The number of rotatable bonds is 3. The van der Waals surface area contributed by atoms with E-state index in [1.165, 1.54) is 12.1 Å². The minimum Gasteiger partial charge on any atom is -0.468 e. The van der Waals surface area contributed by atoms with E-state index >= 15 is 0 Å². The summed E-state index contributed by atoms with van der Waals surface area (Å²) in [6, 6.07) is 4.05. The van der Waals surface area contributed by atoms with Crippen molar-refractivity contribution in [2.24, 2.45) is 5.41 Å². The van der Waals surface area contributed by atoms with Crippen LogP contribution in [-0.4, -0.2) is 39.4 Å². The van der Waals surface area contributed by atoms with E-state index in [0.29, 0.717) is 5.56 Å². The summed E-state index contributed by atoms with van der Waals surface area (Å²) < 4.78 is 33.5. The van der Waals surface area contributed by atoms with Crippen molar-refractivity contribution in [3.05, 3.63) is 34.6 Å². The van der Waals surface area contributed by atoms with Gasteiger partial charge in [-0.05, 0) is 12.1 Å². The summed E-state index contributed by atoms with van der Waals surface area (Å²) in [4.78, 5) is 23.7. The molecule has 120 valence electrons. The first kappa shape index (κ1) is 16.7. The molecule has 1 saturated heterocycles. The van der Waals surface area contributed by atoms with Crippen LogP contribution in [0, 0.1) is 11.2 Å². The minimum absolute atomic E-state index is 0.0296. The Morgan fingerprint density at radius 2 is 1.77 bits per heavy atom. The number of carbonyl (C=O) groups excluding carboxylic acids is 2. The molecule has 1 heterocycles. The summed E-state index contributed by atoms with van der Waals surface area (Å²) in [6.07, 6.45) is -0.922. The fourth-order valence-electron chi connectivity index (χ4n) is 2.09. The molecule has 2 rings (SSSR count). The molecule has 0 amide bonds. The maximum absolute atomic E-state index is 13.5.